The van der Waals surface area contributed by atoms with Crippen LogP contribution in [-0.4, -0.2) is 17.6 Å². The van der Waals surface area contributed by atoms with Crippen LogP contribution in [0.1, 0.15) is 38.9 Å². The summed E-state index contributed by atoms with van der Waals surface area (Å²) in [5, 5.41) is 0.728. The standard InChI is InChI=1S/C14H16N2O2S/c1-3-18-14(17)12-9(2)16-13(19-12)11(15)10-7-5-4-6-8-10/h4-8,11H,3,15H2,1-2H3. The fourth-order valence-electron chi connectivity index (χ4n) is 1.74. The van der Waals surface area contributed by atoms with Crippen LogP contribution in [0, 0.1) is 6.92 Å². The number of hydrogen-bond donors (Lipinski definition) is 1. The number of carbonyl (C=O) groups excluding carboxylic acids is 1. The van der Waals surface area contributed by atoms with Crippen molar-refractivity contribution in [3.8, 4) is 0 Å². The number of ether oxygens (including phenoxy) is 1. The Balaban J connectivity index is 2.27. The van der Waals surface area contributed by atoms with Gasteiger partial charge in [0.25, 0.3) is 0 Å². The lowest BCUT2D eigenvalue weighted by molar-refractivity contribution is 0.0531. The molecule has 19 heavy (non-hydrogen) atoms. The molecule has 2 rings (SSSR count). The van der Waals surface area contributed by atoms with Crippen LogP contribution in [0.15, 0.2) is 30.3 Å². The van der Waals surface area contributed by atoms with Gasteiger partial charge in [-0.1, -0.05) is 30.3 Å². The lowest BCUT2D eigenvalue weighted by Crippen LogP contribution is -2.11. The fraction of sp³-hybridized carbons (Fsp3) is 0.286. The number of hydrogen-bond acceptors (Lipinski definition) is 5. The molecule has 5 heteroatoms. The van der Waals surface area contributed by atoms with E-state index in [1.165, 1.54) is 11.3 Å². The van der Waals surface area contributed by atoms with E-state index in [2.05, 4.69) is 4.98 Å². The highest BCUT2D eigenvalue weighted by Gasteiger charge is 2.20. The van der Waals surface area contributed by atoms with Crippen molar-refractivity contribution in [1.82, 2.24) is 4.98 Å². The van der Waals surface area contributed by atoms with Crippen molar-refractivity contribution >= 4 is 17.3 Å². The van der Waals surface area contributed by atoms with Crippen molar-refractivity contribution < 1.29 is 9.53 Å². The fourth-order valence-corrected chi connectivity index (χ4v) is 2.73. The van der Waals surface area contributed by atoms with Crippen molar-refractivity contribution in [2.75, 3.05) is 6.61 Å². The van der Waals surface area contributed by atoms with E-state index in [-0.39, 0.29) is 12.0 Å². The average molecular weight is 276 g/mol. The van der Waals surface area contributed by atoms with E-state index in [4.69, 9.17) is 10.5 Å². The Hall–Kier alpha value is -1.72. The first kappa shape index (κ1) is 13.7. The van der Waals surface area contributed by atoms with Crippen LogP contribution >= 0.6 is 11.3 Å². The van der Waals surface area contributed by atoms with E-state index in [1.807, 2.05) is 30.3 Å². The van der Waals surface area contributed by atoms with E-state index >= 15 is 0 Å². The number of aryl methyl sites for hydroxylation is 1. The third-order valence-electron chi connectivity index (χ3n) is 2.70. The molecule has 1 aromatic carbocycles. The Morgan fingerprint density at radius 2 is 2.11 bits per heavy atom. The second-order valence-electron chi connectivity index (χ2n) is 4.08. The molecule has 0 fully saturated rings. The van der Waals surface area contributed by atoms with Gasteiger partial charge in [-0.05, 0) is 19.4 Å². The lowest BCUT2D eigenvalue weighted by atomic mass is 10.1. The number of rotatable bonds is 4. The van der Waals surface area contributed by atoms with Crippen LogP contribution in [0.25, 0.3) is 0 Å². The number of aromatic nitrogens is 1. The Kier molecular flexibility index (Phi) is 4.29. The summed E-state index contributed by atoms with van der Waals surface area (Å²) in [7, 11) is 0. The second kappa shape index (κ2) is 5.95. The molecule has 0 bridgehead atoms. The number of benzene rings is 1. The van der Waals surface area contributed by atoms with Gasteiger partial charge in [0, 0.05) is 0 Å². The molecule has 0 aliphatic carbocycles. The topological polar surface area (TPSA) is 65.2 Å². The molecule has 1 unspecified atom stereocenters. The van der Waals surface area contributed by atoms with E-state index < -0.39 is 0 Å². The van der Waals surface area contributed by atoms with Crippen LogP contribution in [0.3, 0.4) is 0 Å². The van der Waals surface area contributed by atoms with Crippen molar-refractivity contribution in [1.29, 1.82) is 0 Å². The van der Waals surface area contributed by atoms with Crippen LogP contribution in [0.5, 0.6) is 0 Å². The largest absolute Gasteiger partial charge is 0.462 e. The van der Waals surface area contributed by atoms with E-state index in [0.717, 1.165) is 10.6 Å². The van der Waals surface area contributed by atoms with E-state index in [9.17, 15) is 4.79 Å². The monoisotopic (exact) mass is 276 g/mol. The molecular formula is C14H16N2O2S. The highest BCUT2D eigenvalue weighted by atomic mass is 32.1. The Labute approximate surface area is 116 Å². The number of esters is 1. The maximum Gasteiger partial charge on any atom is 0.350 e. The maximum absolute atomic E-state index is 11.7. The molecule has 0 radical (unpaired) electrons. The van der Waals surface area contributed by atoms with Gasteiger partial charge < -0.3 is 10.5 Å². The van der Waals surface area contributed by atoms with Gasteiger partial charge in [0.15, 0.2) is 0 Å². The van der Waals surface area contributed by atoms with Crippen LogP contribution < -0.4 is 5.73 Å². The van der Waals surface area contributed by atoms with Gasteiger partial charge in [-0.2, -0.15) is 0 Å². The molecular weight excluding hydrogens is 260 g/mol. The van der Waals surface area contributed by atoms with Crippen molar-refractivity contribution in [3.63, 3.8) is 0 Å². The first-order chi connectivity index (χ1) is 9.13. The molecule has 0 aliphatic heterocycles. The summed E-state index contributed by atoms with van der Waals surface area (Å²) in [5.41, 5.74) is 7.82. The average Bonchev–Trinajstić information content (AvgIpc) is 2.81. The van der Waals surface area contributed by atoms with Crippen LogP contribution in [0.2, 0.25) is 0 Å². The summed E-state index contributed by atoms with van der Waals surface area (Å²) < 4.78 is 5.00. The SMILES string of the molecule is CCOC(=O)c1sc(C(N)c2ccccc2)nc1C. The third kappa shape index (κ3) is 3.00. The summed E-state index contributed by atoms with van der Waals surface area (Å²) in [5.74, 6) is -0.330. The Bertz CT molecular complexity index is 566. The third-order valence-corrected chi connectivity index (χ3v) is 3.92. The summed E-state index contributed by atoms with van der Waals surface area (Å²) >= 11 is 1.30. The second-order valence-corrected chi connectivity index (χ2v) is 5.11. The molecule has 0 saturated heterocycles. The lowest BCUT2D eigenvalue weighted by Gasteiger charge is -2.07. The highest BCUT2D eigenvalue weighted by Crippen LogP contribution is 2.27. The number of carbonyl (C=O) groups is 1. The van der Waals surface area contributed by atoms with Gasteiger partial charge in [-0.15, -0.1) is 11.3 Å². The zero-order valence-electron chi connectivity index (χ0n) is 10.9. The van der Waals surface area contributed by atoms with E-state index in [0.29, 0.717) is 17.2 Å². The molecule has 4 nitrogen and oxygen atoms in total. The summed E-state index contributed by atoms with van der Waals surface area (Å²) in [4.78, 5) is 16.7. The van der Waals surface area contributed by atoms with Gasteiger partial charge in [0.2, 0.25) is 0 Å². The van der Waals surface area contributed by atoms with Crippen LogP contribution in [-0.2, 0) is 4.74 Å². The molecule has 0 amide bonds. The molecule has 0 spiro atoms. The maximum atomic E-state index is 11.7. The molecule has 0 saturated carbocycles. The van der Waals surface area contributed by atoms with Gasteiger partial charge in [-0.25, -0.2) is 9.78 Å². The first-order valence-electron chi connectivity index (χ1n) is 6.08. The van der Waals surface area contributed by atoms with Gasteiger partial charge in [-0.3, -0.25) is 0 Å². The predicted octanol–water partition coefficient (Wildman–Crippen LogP) is 2.68. The number of nitrogens with zero attached hydrogens (tertiary/aromatic N) is 1. The zero-order valence-corrected chi connectivity index (χ0v) is 11.7. The molecule has 2 N–H and O–H groups in total. The predicted molar refractivity (Wildman–Crippen MR) is 75.3 cm³/mol. The molecule has 1 aromatic heterocycles. The quantitative estimate of drug-likeness (QED) is 0.872. The first-order valence-corrected chi connectivity index (χ1v) is 6.90. The minimum Gasteiger partial charge on any atom is -0.462 e. The summed E-state index contributed by atoms with van der Waals surface area (Å²) in [6, 6.07) is 9.39. The normalized spacial score (nSPS) is 12.2. The van der Waals surface area contributed by atoms with Gasteiger partial charge in [0.1, 0.15) is 9.88 Å². The highest BCUT2D eigenvalue weighted by molar-refractivity contribution is 7.13. The van der Waals surface area contributed by atoms with Crippen molar-refractivity contribution in [2.45, 2.75) is 19.9 Å². The molecule has 1 heterocycles. The van der Waals surface area contributed by atoms with Gasteiger partial charge >= 0.3 is 5.97 Å². The summed E-state index contributed by atoms with van der Waals surface area (Å²) in [6.45, 7) is 3.94. The Morgan fingerprint density at radius 3 is 2.74 bits per heavy atom. The molecule has 0 aliphatic rings. The zero-order chi connectivity index (χ0) is 13.8. The van der Waals surface area contributed by atoms with Crippen molar-refractivity contribution in [2.24, 2.45) is 5.73 Å². The van der Waals surface area contributed by atoms with E-state index in [1.54, 1.807) is 13.8 Å². The Morgan fingerprint density at radius 1 is 1.42 bits per heavy atom. The number of thiazole rings is 1. The van der Waals surface area contributed by atoms with Gasteiger partial charge in [0.05, 0.1) is 18.3 Å². The molecule has 2 aromatic rings. The minimum atomic E-state index is -0.330. The van der Waals surface area contributed by atoms with Crippen molar-refractivity contribution in [3.05, 3.63) is 51.5 Å². The summed E-state index contributed by atoms with van der Waals surface area (Å²) in [6.07, 6.45) is 0. The van der Waals surface area contributed by atoms with Crippen LogP contribution in [0.4, 0.5) is 0 Å². The minimum absolute atomic E-state index is 0.312. The number of nitrogens with two attached hydrogens (primary N) is 1. The molecule has 100 valence electrons. The molecule has 1 atom stereocenters. The smallest absolute Gasteiger partial charge is 0.350 e.